The number of benzene rings is 2. The van der Waals surface area contributed by atoms with Gasteiger partial charge in [-0.2, -0.15) is 0 Å². The molecule has 0 N–H and O–H groups in total. The lowest BCUT2D eigenvalue weighted by Gasteiger charge is -2.02. The predicted octanol–water partition coefficient (Wildman–Crippen LogP) is 6.87. The van der Waals surface area contributed by atoms with Gasteiger partial charge in [0.15, 0.2) is 0 Å². The summed E-state index contributed by atoms with van der Waals surface area (Å²) in [5, 5.41) is 0. The van der Waals surface area contributed by atoms with Gasteiger partial charge in [0, 0.05) is 22.3 Å². The van der Waals surface area contributed by atoms with Gasteiger partial charge in [-0.05, 0) is 74.6 Å². The van der Waals surface area contributed by atoms with Gasteiger partial charge in [-0.3, -0.25) is 0 Å². The maximum absolute atomic E-state index is 3.36. The highest BCUT2D eigenvalue weighted by atomic mass is 14.0. The number of hydrogen-bond donors (Lipinski definition) is 0. The third-order valence-corrected chi connectivity index (χ3v) is 4.56. The molecule has 0 heterocycles. The van der Waals surface area contributed by atoms with Gasteiger partial charge in [-0.25, -0.2) is 0 Å². The zero-order valence-electron chi connectivity index (χ0n) is 17.8. The summed E-state index contributed by atoms with van der Waals surface area (Å²) in [6, 6.07) is 14.8. The highest BCUT2D eigenvalue weighted by molar-refractivity contribution is 5.51. The van der Waals surface area contributed by atoms with E-state index in [1.807, 2.05) is 0 Å². The van der Waals surface area contributed by atoms with E-state index in [9.17, 15) is 0 Å². The number of allylic oxidation sites excluding steroid dienone is 4. The standard InChI is InChI=1S/C28H30/c1-6-23(10-9-22(4)5)17-19-28-20-18-26(21-27(28)8-3)16-15-25-13-11-24(7-2)12-14-25/h9-14,18,20-21H,6-8H2,1-5H3/b23-10+. The maximum atomic E-state index is 3.36. The molecule has 0 aromatic heterocycles. The Labute approximate surface area is 171 Å². The van der Waals surface area contributed by atoms with E-state index in [1.54, 1.807) is 0 Å². The van der Waals surface area contributed by atoms with Crippen molar-refractivity contribution < 1.29 is 0 Å². The van der Waals surface area contributed by atoms with Crippen LogP contribution in [-0.2, 0) is 12.8 Å². The van der Waals surface area contributed by atoms with Crippen LogP contribution in [-0.4, -0.2) is 0 Å². The minimum Gasteiger partial charge on any atom is -0.0764 e. The molecule has 0 radical (unpaired) electrons. The van der Waals surface area contributed by atoms with Crippen LogP contribution in [0.2, 0.25) is 0 Å². The Balaban J connectivity index is 2.25. The highest BCUT2D eigenvalue weighted by Gasteiger charge is 1.99. The van der Waals surface area contributed by atoms with E-state index in [1.165, 1.54) is 16.7 Å². The fourth-order valence-electron chi connectivity index (χ4n) is 2.72. The van der Waals surface area contributed by atoms with Crippen LogP contribution in [0.25, 0.3) is 0 Å². The van der Waals surface area contributed by atoms with Gasteiger partial charge >= 0.3 is 0 Å². The minimum atomic E-state index is 0.943. The van der Waals surface area contributed by atoms with Crippen molar-refractivity contribution in [2.75, 3.05) is 0 Å². The molecule has 2 aromatic rings. The maximum Gasteiger partial charge on any atom is 0.0281 e. The lowest BCUT2D eigenvalue weighted by molar-refractivity contribution is 1.13. The normalized spacial score (nSPS) is 10.4. The molecule has 142 valence electrons. The second kappa shape index (κ2) is 11.0. The Bertz CT molecular complexity index is 970. The fraction of sp³-hybridized carbons (Fsp3) is 0.286. The SMILES string of the molecule is CC/C(C#Cc1ccc(C#Cc2ccc(CC)cc2)cc1CC)=C\C=C(C)C. The van der Waals surface area contributed by atoms with Gasteiger partial charge in [0.05, 0.1) is 0 Å². The Morgan fingerprint density at radius 1 is 0.786 bits per heavy atom. The van der Waals surface area contributed by atoms with Gasteiger partial charge in [0.25, 0.3) is 0 Å². The first kappa shape index (κ1) is 21.3. The molecular weight excluding hydrogens is 336 g/mol. The molecule has 0 saturated heterocycles. The number of rotatable bonds is 4. The Morgan fingerprint density at radius 2 is 1.46 bits per heavy atom. The molecule has 0 aliphatic carbocycles. The molecular formula is C28H30. The van der Waals surface area contributed by atoms with Crippen molar-refractivity contribution in [3.05, 3.63) is 93.6 Å². The average Bonchev–Trinajstić information content (AvgIpc) is 2.72. The molecule has 0 unspecified atom stereocenters. The van der Waals surface area contributed by atoms with E-state index in [0.717, 1.165) is 41.5 Å². The Kier molecular flexibility index (Phi) is 8.39. The summed E-state index contributed by atoms with van der Waals surface area (Å²) in [5.74, 6) is 13.3. The first-order valence-electron chi connectivity index (χ1n) is 10.2. The third kappa shape index (κ3) is 6.64. The van der Waals surface area contributed by atoms with Gasteiger partial charge in [-0.15, -0.1) is 0 Å². The van der Waals surface area contributed by atoms with Crippen LogP contribution in [0.1, 0.15) is 68.9 Å². The summed E-state index contributed by atoms with van der Waals surface area (Å²) < 4.78 is 0. The van der Waals surface area contributed by atoms with E-state index in [4.69, 9.17) is 0 Å². The minimum absolute atomic E-state index is 0.943. The van der Waals surface area contributed by atoms with Gasteiger partial charge in [-0.1, -0.05) is 74.3 Å². The second-order valence-electron chi connectivity index (χ2n) is 7.07. The summed E-state index contributed by atoms with van der Waals surface area (Å²) in [7, 11) is 0. The lowest BCUT2D eigenvalue weighted by Crippen LogP contribution is -1.90. The van der Waals surface area contributed by atoms with Crippen LogP contribution in [0.4, 0.5) is 0 Å². The first-order chi connectivity index (χ1) is 13.5. The summed E-state index contributed by atoms with van der Waals surface area (Å²) in [5.41, 5.74) is 8.22. The predicted molar refractivity (Wildman–Crippen MR) is 122 cm³/mol. The molecule has 0 amide bonds. The zero-order valence-corrected chi connectivity index (χ0v) is 17.8. The van der Waals surface area contributed by atoms with Gasteiger partial charge in [0.2, 0.25) is 0 Å². The molecule has 0 atom stereocenters. The van der Waals surface area contributed by atoms with E-state index in [-0.39, 0.29) is 0 Å². The van der Waals surface area contributed by atoms with Crippen molar-refractivity contribution in [3.8, 4) is 23.7 Å². The molecule has 2 rings (SSSR count). The van der Waals surface area contributed by atoms with Gasteiger partial charge < -0.3 is 0 Å². The molecule has 0 fully saturated rings. The molecule has 0 bridgehead atoms. The van der Waals surface area contributed by atoms with Crippen molar-refractivity contribution in [2.24, 2.45) is 0 Å². The monoisotopic (exact) mass is 366 g/mol. The summed E-state index contributed by atoms with van der Waals surface area (Å²) in [4.78, 5) is 0. The van der Waals surface area contributed by atoms with E-state index < -0.39 is 0 Å². The quantitative estimate of drug-likeness (QED) is 0.409. The van der Waals surface area contributed by atoms with E-state index in [0.29, 0.717) is 0 Å². The summed E-state index contributed by atoms with van der Waals surface area (Å²) in [6.45, 7) is 10.7. The van der Waals surface area contributed by atoms with Gasteiger partial charge in [0.1, 0.15) is 0 Å². The van der Waals surface area contributed by atoms with Crippen molar-refractivity contribution in [1.29, 1.82) is 0 Å². The molecule has 0 nitrogen and oxygen atoms in total. The second-order valence-corrected chi connectivity index (χ2v) is 7.07. The smallest absolute Gasteiger partial charge is 0.0281 e. The Hall–Kier alpha value is -2.96. The molecule has 0 saturated carbocycles. The largest absolute Gasteiger partial charge is 0.0764 e. The van der Waals surface area contributed by atoms with Crippen LogP contribution < -0.4 is 0 Å². The van der Waals surface area contributed by atoms with Crippen molar-refractivity contribution >= 4 is 0 Å². The third-order valence-electron chi connectivity index (χ3n) is 4.56. The number of hydrogen-bond acceptors (Lipinski definition) is 0. The zero-order chi connectivity index (χ0) is 20.4. The van der Waals surface area contributed by atoms with Crippen molar-refractivity contribution in [3.63, 3.8) is 0 Å². The topological polar surface area (TPSA) is 0 Å². The highest BCUT2D eigenvalue weighted by Crippen LogP contribution is 2.13. The molecule has 28 heavy (non-hydrogen) atoms. The molecule has 2 aromatic carbocycles. The molecule has 0 aliphatic heterocycles. The van der Waals surface area contributed by atoms with Crippen LogP contribution in [0.15, 0.2) is 65.8 Å². The van der Waals surface area contributed by atoms with Crippen LogP contribution in [0, 0.1) is 23.7 Å². The van der Waals surface area contributed by atoms with Crippen molar-refractivity contribution in [1.82, 2.24) is 0 Å². The summed E-state index contributed by atoms with van der Waals surface area (Å²) >= 11 is 0. The number of aryl methyl sites for hydroxylation is 2. The van der Waals surface area contributed by atoms with Crippen LogP contribution >= 0.6 is 0 Å². The average molecular weight is 367 g/mol. The Morgan fingerprint density at radius 3 is 2.07 bits per heavy atom. The van der Waals surface area contributed by atoms with Crippen molar-refractivity contribution in [2.45, 2.75) is 53.9 Å². The van der Waals surface area contributed by atoms with Crippen LogP contribution in [0.5, 0.6) is 0 Å². The molecule has 0 spiro atoms. The fourth-order valence-corrected chi connectivity index (χ4v) is 2.72. The molecule has 0 aliphatic rings. The molecule has 0 heteroatoms. The first-order valence-corrected chi connectivity index (χ1v) is 10.2. The lowest BCUT2D eigenvalue weighted by atomic mass is 10.0. The van der Waals surface area contributed by atoms with E-state index in [2.05, 4.69) is 113 Å². The van der Waals surface area contributed by atoms with Crippen LogP contribution in [0.3, 0.4) is 0 Å². The van der Waals surface area contributed by atoms with E-state index >= 15 is 0 Å². The summed E-state index contributed by atoms with van der Waals surface area (Å²) in [6.07, 6.45) is 7.19.